The van der Waals surface area contributed by atoms with E-state index < -0.39 is 0 Å². The van der Waals surface area contributed by atoms with E-state index in [9.17, 15) is 4.79 Å². The van der Waals surface area contributed by atoms with Gasteiger partial charge in [0.2, 0.25) is 0 Å². The van der Waals surface area contributed by atoms with Crippen molar-refractivity contribution in [3.05, 3.63) is 41.3 Å². The predicted octanol–water partition coefficient (Wildman–Crippen LogP) is 3.04. The van der Waals surface area contributed by atoms with Gasteiger partial charge < -0.3 is 5.32 Å². The van der Waals surface area contributed by atoms with Gasteiger partial charge in [0.15, 0.2) is 0 Å². The van der Waals surface area contributed by atoms with Crippen molar-refractivity contribution in [1.82, 2.24) is 0 Å². The lowest BCUT2D eigenvalue weighted by atomic mass is 10.3. The SMILES string of the molecule is O=C(Nc1ccccc1)C1=CCCCS1. The molecule has 0 aromatic heterocycles. The molecule has 1 heterocycles. The van der Waals surface area contributed by atoms with E-state index in [0.717, 1.165) is 22.8 Å². The Labute approximate surface area is 93.8 Å². The molecule has 0 saturated carbocycles. The number of carbonyl (C=O) groups is 1. The van der Waals surface area contributed by atoms with E-state index in [1.165, 1.54) is 6.42 Å². The summed E-state index contributed by atoms with van der Waals surface area (Å²) in [7, 11) is 0. The number of para-hydroxylation sites is 1. The zero-order valence-electron chi connectivity index (χ0n) is 8.40. The van der Waals surface area contributed by atoms with Gasteiger partial charge in [0.05, 0.1) is 4.91 Å². The molecule has 2 nitrogen and oxygen atoms in total. The minimum atomic E-state index is 0.0194. The average Bonchev–Trinajstić information content (AvgIpc) is 2.31. The summed E-state index contributed by atoms with van der Waals surface area (Å²) in [6, 6.07) is 9.55. The Morgan fingerprint density at radius 1 is 1.27 bits per heavy atom. The van der Waals surface area contributed by atoms with E-state index in [-0.39, 0.29) is 5.91 Å². The van der Waals surface area contributed by atoms with Gasteiger partial charge in [-0.15, -0.1) is 11.8 Å². The van der Waals surface area contributed by atoms with Crippen molar-refractivity contribution in [1.29, 1.82) is 0 Å². The molecule has 1 aromatic rings. The molecular formula is C12H13NOS. The van der Waals surface area contributed by atoms with E-state index in [2.05, 4.69) is 5.32 Å². The molecule has 15 heavy (non-hydrogen) atoms. The third-order valence-electron chi connectivity index (χ3n) is 2.19. The molecule has 0 bridgehead atoms. The van der Waals surface area contributed by atoms with Crippen LogP contribution in [0.15, 0.2) is 41.3 Å². The summed E-state index contributed by atoms with van der Waals surface area (Å²) in [4.78, 5) is 12.6. The number of amides is 1. The lowest BCUT2D eigenvalue weighted by molar-refractivity contribution is -0.112. The largest absolute Gasteiger partial charge is 0.322 e. The minimum Gasteiger partial charge on any atom is -0.322 e. The lowest BCUT2D eigenvalue weighted by Gasteiger charge is -2.11. The van der Waals surface area contributed by atoms with Crippen LogP contribution in [0.1, 0.15) is 12.8 Å². The minimum absolute atomic E-state index is 0.0194. The fraction of sp³-hybridized carbons (Fsp3) is 0.250. The maximum atomic E-state index is 11.8. The van der Waals surface area contributed by atoms with Crippen LogP contribution in [0.4, 0.5) is 5.69 Å². The van der Waals surface area contributed by atoms with Crippen molar-refractivity contribution in [2.24, 2.45) is 0 Å². The zero-order chi connectivity index (χ0) is 10.5. The van der Waals surface area contributed by atoms with Crippen LogP contribution < -0.4 is 5.32 Å². The van der Waals surface area contributed by atoms with Gasteiger partial charge in [-0.3, -0.25) is 4.79 Å². The van der Waals surface area contributed by atoms with Gasteiger partial charge in [0, 0.05) is 5.69 Å². The Hall–Kier alpha value is -1.22. The first-order valence-corrected chi connectivity index (χ1v) is 6.04. The summed E-state index contributed by atoms with van der Waals surface area (Å²) in [5.74, 6) is 1.07. The predicted molar refractivity (Wildman–Crippen MR) is 64.8 cm³/mol. The lowest BCUT2D eigenvalue weighted by Crippen LogP contribution is -2.14. The highest BCUT2D eigenvalue weighted by Crippen LogP contribution is 2.24. The van der Waals surface area contributed by atoms with Crippen LogP contribution in [0, 0.1) is 0 Å². The number of hydrogen-bond acceptors (Lipinski definition) is 2. The molecule has 0 radical (unpaired) electrons. The number of carbonyl (C=O) groups excluding carboxylic acids is 1. The molecule has 1 aliphatic heterocycles. The Bertz CT molecular complexity index is 372. The van der Waals surface area contributed by atoms with Gasteiger partial charge in [-0.2, -0.15) is 0 Å². The van der Waals surface area contributed by atoms with Gasteiger partial charge in [-0.1, -0.05) is 24.3 Å². The molecule has 0 saturated heterocycles. The first-order chi connectivity index (χ1) is 7.36. The molecule has 1 amide bonds. The number of rotatable bonds is 2. The number of anilines is 1. The standard InChI is InChI=1S/C12H13NOS/c14-12(11-8-4-5-9-15-11)13-10-6-2-1-3-7-10/h1-3,6-8H,4-5,9H2,(H,13,14). The van der Waals surface area contributed by atoms with E-state index in [4.69, 9.17) is 0 Å². The van der Waals surface area contributed by atoms with Crippen LogP contribution >= 0.6 is 11.8 Å². The molecule has 0 spiro atoms. The molecule has 78 valence electrons. The van der Waals surface area contributed by atoms with Crippen molar-refractivity contribution in [2.45, 2.75) is 12.8 Å². The van der Waals surface area contributed by atoms with Gasteiger partial charge in [-0.25, -0.2) is 0 Å². The van der Waals surface area contributed by atoms with Crippen molar-refractivity contribution in [3.63, 3.8) is 0 Å². The Morgan fingerprint density at radius 2 is 2.07 bits per heavy atom. The molecule has 2 rings (SSSR count). The van der Waals surface area contributed by atoms with Crippen LogP contribution in [0.5, 0.6) is 0 Å². The molecule has 1 N–H and O–H groups in total. The maximum Gasteiger partial charge on any atom is 0.261 e. The summed E-state index contributed by atoms with van der Waals surface area (Å²) in [5, 5.41) is 2.88. The maximum absolute atomic E-state index is 11.8. The highest BCUT2D eigenvalue weighted by atomic mass is 32.2. The van der Waals surface area contributed by atoms with Crippen molar-refractivity contribution >= 4 is 23.4 Å². The van der Waals surface area contributed by atoms with Crippen molar-refractivity contribution in [2.75, 3.05) is 11.1 Å². The van der Waals surface area contributed by atoms with Gasteiger partial charge in [-0.05, 0) is 30.7 Å². The zero-order valence-corrected chi connectivity index (χ0v) is 9.22. The summed E-state index contributed by atoms with van der Waals surface area (Å²) < 4.78 is 0. The number of thioether (sulfide) groups is 1. The van der Waals surface area contributed by atoms with Gasteiger partial charge in [0.25, 0.3) is 5.91 Å². The van der Waals surface area contributed by atoms with Crippen molar-refractivity contribution < 1.29 is 4.79 Å². The van der Waals surface area contributed by atoms with Gasteiger partial charge >= 0.3 is 0 Å². The molecule has 1 aliphatic rings. The van der Waals surface area contributed by atoms with Crippen LogP contribution in [0.2, 0.25) is 0 Å². The van der Waals surface area contributed by atoms with Crippen LogP contribution in [-0.4, -0.2) is 11.7 Å². The summed E-state index contributed by atoms with van der Waals surface area (Å²) in [5.41, 5.74) is 0.856. The molecule has 3 heteroatoms. The molecule has 0 fully saturated rings. The number of hydrogen-bond donors (Lipinski definition) is 1. The first-order valence-electron chi connectivity index (χ1n) is 5.05. The fourth-order valence-corrected chi connectivity index (χ4v) is 2.38. The van der Waals surface area contributed by atoms with E-state index >= 15 is 0 Å². The topological polar surface area (TPSA) is 29.1 Å². The quantitative estimate of drug-likeness (QED) is 0.828. The molecule has 0 unspecified atom stereocenters. The van der Waals surface area contributed by atoms with E-state index in [1.807, 2.05) is 36.4 Å². The van der Waals surface area contributed by atoms with Crippen molar-refractivity contribution in [3.8, 4) is 0 Å². The van der Waals surface area contributed by atoms with Gasteiger partial charge in [0.1, 0.15) is 0 Å². The highest BCUT2D eigenvalue weighted by Gasteiger charge is 2.12. The number of benzene rings is 1. The molecule has 1 aromatic carbocycles. The normalized spacial score (nSPS) is 15.6. The monoisotopic (exact) mass is 219 g/mol. The fourth-order valence-electron chi connectivity index (χ4n) is 1.43. The Balaban J connectivity index is 2.00. The molecular weight excluding hydrogens is 206 g/mol. The summed E-state index contributed by atoms with van der Waals surface area (Å²) in [6.45, 7) is 0. The first kappa shape index (κ1) is 10.3. The molecule has 0 atom stereocenters. The second-order valence-corrected chi connectivity index (χ2v) is 4.52. The second-order valence-electron chi connectivity index (χ2n) is 3.38. The third kappa shape index (κ3) is 2.86. The Morgan fingerprint density at radius 3 is 2.73 bits per heavy atom. The highest BCUT2D eigenvalue weighted by molar-refractivity contribution is 8.04. The van der Waals surface area contributed by atoms with E-state index in [0.29, 0.717) is 0 Å². The third-order valence-corrected chi connectivity index (χ3v) is 3.35. The second kappa shape index (κ2) is 5.03. The number of nitrogens with one attached hydrogen (secondary N) is 1. The smallest absolute Gasteiger partial charge is 0.261 e. The van der Waals surface area contributed by atoms with Crippen LogP contribution in [-0.2, 0) is 4.79 Å². The van der Waals surface area contributed by atoms with Crippen LogP contribution in [0.25, 0.3) is 0 Å². The molecule has 0 aliphatic carbocycles. The summed E-state index contributed by atoms with van der Waals surface area (Å²) >= 11 is 1.64. The number of allylic oxidation sites excluding steroid dienone is 1. The van der Waals surface area contributed by atoms with Crippen LogP contribution in [0.3, 0.4) is 0 Å². The van der Waals surface area contributed by atoms with E-state index in [1.54, 1.807) is 11.8 Å². The summed E-state index contributed by atoms with van der Waals surface area (Å²) in [6.07, 6.45) is 4.21. The average molecular weight is 219 g/mol. The Kier molecular flexibility index (Phi) is 3.45.